The van der Waals surface area contributed by atoms with E-state index in [1.54, 1.807) is 7.11 Å². The smallest absolute Gasteiger partial charge is 0.282 e. The highest BCUT2D eigenvalue weighted by Gasteiger charge is 2.23. The Morgan fingerprint density at radius 2 is 1.86 bits per heavy atom. The number of benzene rings is 3. The van der Waals surface area contributed by atoms with E-state index in [0.717, 1.165) is 27.0 Å². The van der Waals surface area contributed by atoms with Crippen molar-refractivity contribution in [2.24, 2.45) is 0 Å². The van der Waals surface area contributed by atoms with E-state index >= 15 is 0 Å². The third kappa shape index (κ3) is 4.61. The van der Waals surface area contributed by atoms with Gasteiger partial charge in [0.2, 0.25) is 0 Å². The maximum absolute atomic E-state index is 13.2. The van der Waals surface area contributed by atoms with Crippen LogP contribution in [0.1, 0.15) is 12.5 Å². The van der Waals surface area contributed by atoms with Crippen molar-refractivity contribution in [3.63, 3.8) is 0 Å². The van der Waals surface area contributed by atoms with Crippen LogP contribution in [0.4, 0.5) is 10.1 Å². The van der Waals surface area contributed by atoms with Crippen LogP contribution in [0.3, 0.4) is 0 Å². The lowest BCUT2D eigenvalue weighted by atomic mass is 10.1. The molecule has 0 saturated carbocycles. The van der Waals surface area contributed by atoms with Gasteiger partial charge < -0.3 is 15.0 Å². The van der Waals surface area contributed by atoms with E-state index < -0.39 is 5.82 Å². The Bertz CT molecular complexity index is 1010. The van der Waals surface area contributed by atoms with Crippen LogP contribution in [0.25, 0.3) is 10.8 Å². The number of halogens is 2. The SMILES string of the molecule is COc1ccc2cc(C[NH+](C)[C@H](C)C(=O)Nc3ccc(F)cc3Cl)ccc2c1. The minimum atomic E-state index is -0.437. The molecule has 4 nitrogen and oxygen atoms in total. The molecule has 0 heterocycles. The molecule has 3 rings (SSSR count). The average Bonchev–Trinajstić information content (AvgIpc) is 2.68. The maximum Gasteiger partial charge on any atom is 0.282 e. The van der Waals surface area contributed by atoms with Gasteiger partial charge in [-0.3, -0.25) is 4.79 Å². The number of likely N-dealkylation sites (N-methyl/N-ethyl adjacent to an activating group) is 1. The number of quaternary nitrogens is 1. The van der Waals surface area contributed by atoms with E-state index in [4.69, 9.17) is 16.3 Å². The number of nitrogens with one attached hydrogen (secondary N) is 2. The molecule has 6 heteroatoms. The number of fused-ring (bicyclic) bond motifs is 1. The van der Waals surface area contributed by atoms with Crippen LogP contribution in [-0.4, -0.2) is 26.1 Å². The number of carbonyl (C=O) groups excluding carboxylic acids is 1. The molecule has 146 valence electrons. The van der Waals surface area contributed by atoms with Gasteiger partial charge in [-0.05, 0) is 54.1 Å². The summed E-state index contributed by atoms with van der Waals surface area (Å²) in [5.74, 6) is 0.219. The average molecular weight is 402 g/mol. The second-order valence-electron chi connectivity index (χ2n) is 6.91. The summed E-state index contributed by atoms with van der Waals surface area (Å²) in [5.41, 5.74) is 1.54. The summed E-state index contributed by atoms with van der Waals surface area (Å²) in [5, 5.41) is 5.19. The van der Waals surface area contributed by atoms with Gasteiger partial charge in [0, 0.05) is 5.56 Å². The van der Waals surface area contributed by atoms with Gasteiger partial charge >= 0.3 is 0 Å². The van der Waals surface area contributed by atoms with Crippen LogP contribution < -0.4 is 15.0 Å². The van der Waals surface area contributed by atoms with E-state index in [2.05, 4.69) is 23.5 Å². The molecule has 0 saturated heterocycles. The molecule has 0 aliphatic heterocycles. The van der Waals surface area contributed by atoms with Crippen LogP contribution >= 0.6 is 11.6 Å². The van der Waals surface area contributed by atoms with Gasteiger partial charge in [0.25, 0.3) is 5.91 Å². The van der Waals surface area contributed by atoms with Crippen LogP contribution in [0.5, 0.6) is 5.75 Å². The number of ether oxygens (including phenoxy) is 1. The lowest BCUT2D eigenvalue weighted by Gasteiger charge is -2.21. The summed E-state index contributed by atoms with van der Waals surface area (Å²) < 4.78 is 18.4. The molecule has 0 aromatic heterocycles. The normalized spacial score (nSPS) is 13.2. The molecule has 1 unspecified atom stereocenters. The molecular formula is C22H23ClFN2O2+. The van der Waals surface area contributed by atoms with Crippen molar-refractivity contribution in [2.75, 3.05) is 19.5 Å². The van der Waals surface area contributed by atoms with E-state index in [0.29, 0.717) is 12.2 Å². The lowest BCUT2D eigenvalue weighted by Crippen LogP contribution is -3.12. The minimum absolute atomic E-state index is 0.170. The number of anilines is 1. The Balaban J connectivity index is 1.68. The number of amides is 1. The molecule has 2 atom stereocenters. The molecule has 0 radical (unpaired) electrons. The fourth-order valence-electron chi connectivity index (χ4n) is 3.04. The third-order valence-corrected chi connectivity index (χ3v) is 5.23. The van der Waals surface area contributed by atoms with Gasteiger partial charge in [-0.15, -0.1) is 0 Å². The van der Waals surface area contributed by atoms with Crippen molar-refractivity contribution < 1.29 is 18.8 Å². The van der Waals surface area contributed by atoms with Crippen LogP contribution in [-0.2, 0) is 11.3 Å². The maximum atomic E-state index is 13.2. The fraction of sp³-hybridized carbons (Fsp3) is 0.227. The molecule has 0 aliphatic rings. The van der Waals surface area contributed by atoms with E-state index in [1.807, 2.05) is 32.2 Å². The zero-order valence-corrected chi connectivity index (χ0v) is 16.8. The first kappa shape index (κ1) is 20.1. The quantitative estimate of drug-likeness (QED) is 0.661. The molecule has 3 aromatic carbocycles. The minimum Gasteiger partial charge on any atom is -0.497 e. The summed E-state index contributed by atoms with van der Waals surface area (Å²) in [6.45, 7) is 2.54. The van der Waals surface area contributed by atoms with E-state index in [1.165, 1.54) is 18.2 Å². The van der Waals surface area contributed by atoms with Gasteiger partial charge in [0.05, 0.1) is 24.9 Å². The monoisotopic (exact) mass is 401 g/mol. The first-order valence-corrected chi connectivity index (χ1v) is 9.40. The van der Waals surface area contributed by atoms with Gasteiger partial charge in [0.1, 0.15) is 18.1 Å². The zero-order valence-electron chi connectivity index (χ0n) is 16.1. The second kappa shape index (κ2) is 8.59. The topological polar surface area (TPSA) is 42.8 Å². The first-order chi connectivity index (χ1) is 13.4. The van der Waals surface area contributed by atoms with Crippen molar-refractivity contribution in [3.8, 4) is 5.75 Å². The highest BCUT2D eigenvalue weighted by Crippen LogP contribution is 2.23. The summed E-state index contributed by atoms with van der Waals surface area (Å²) in [6, 6.07) is 15.8. The van der Waals surface area contributed by atoms with Crippen LogP contribution in [0.15, 0.2) is 54.6 Å². The van der Waals surface area contributed by atoms with Crippen molar-refractivity contribution in [3.05, 3.63) is 71.0 Å². The molecule has 0 spiro atoms. The number of methoxy groups -OCH3 is 1. The van der Waals surface area contributed by atoms with Gasteiger partial charge in [-0.25, -0.2) is 4.39 Å². The Hall–Kier alpha value is -2.63. The molecule has 28 heavy (non-hydrogen) atoms. The standard InChI is InChI=1S/C22H22ClFN2O2/c1-14(22(27)25-21-9-7-18(24)12-20(21)23)26(2)13-15-4-5-17-11-19(28-3)8-6-16(17)10-15/h4-12,14H,13H2,1-3H3,(H,25,27)/p+1/t14-/m1/s1. The fourth-order valence-corrected chi connectivity index (χ4v) is 3.26. The number of rotatable bonds is 6. The summed E-state index contributed by atoms with van der Waals surface area (Å²) >= 11 is 5.99. The first-order valence-electron chi connectivity index (χ1n) is 9.02. The summed E-state index contributed by atoms with van der Waals surface area (Å²) in [4.78, 5) is 13.6. The van der Waals surface area contributed by atoms with Crippen molar-refractivity contribution in [1.82, 2.24) is 0 Å². The predicted octanol–water partition coefficient (Wildman–Crippen LogP) is 3.68. The predicted molar refractivity (Wildman–Crippen MR) is 111 cm³/mol. The van der Waals surface area contributed by atoms with Gasteiger partial charge in [0.15, 0.2) is 6.04 Å². The number of hydrogen-bond donors (Lipinski definition) is 2. The third-order valence-electron chi connectivity index (χ3n) is 4.92. The Kier molecular flexibility index (Phi) is 6.17. The molecule has 0 aliphatic carbocycles. The largest absolute Gasteiger partial charge is 0.497 e. The second-order valence-corrected chi connectivity index (χ2v) is 7.31. The van der Waals surface area contributed by atoms with Crippen LogP contribution in [0.2, 0.25) is 5.02 Å². The lowest BCUT2D eigenvalue weighted by molar-refractivity contribution is -0.907. The molecule has 3 aromatic rings. The van der Waals surface area contributed by atoms with Crippen molar-refractivity contribution in [1.29, 1.82) is 0 Å². The zero-order chi connectivity index (χ0) is 20.3. The molecule has 1 amide bonds. The van der Waals surface area contributed by atoms with Crippen molar-refractivity contribution >= 4 is 34.0 Å². The van der Waals surface area contributed by atoms with Gasteiger partial charge in [-0.1, -0.05) is 29.8 Å². The molecule has 0 fully saturated rings. The molecular weight excluding hydrogens is 379 g/mol. The number of carbonyl (C=O) groups is 1. The number of hydrogen-bond acceptors (Lipinski definition) is 2. The van der Waals surface area contributed by atoms with Gasteiger partial charge in [-0.2, -0.15) is 0 Å². The highest BCUT2D eigenvalue weighted by atomic mass is 35.5. The van der Waals surface area contributed by atoms with E-state index in [-0.39, 0.29) is 17.0 Å². The summed E-state index contributed by atoms with van der Waals surface area (Å²) in [7, 11) is 3.62. The summed E-state index contributed by atoms with van der Waals surface area (Å²) in [6.07, 6.45) is 0. The van der Waals surface area contributed by atoms with Crippen molar-refractivity contribution in [2.45, 2.75) is 19.5 Å². The highest BCUT2D eigenvalue weighted by molar-refractivity contribution is 6.33. The Labute approximate surface area is 168 Å². The molecule has 2 N–H and O–H groups in total. The Morgan fingerprint density at radius 1 is 1.14 bits per heavy atom. The van der Waals surface area contributed by atoms with E-state index in [9.17, 15) is 9.18 Å². The van der Waals surface area contributed by atoms with Crippen LogP contribution in [0, 0.1) is 5.82 Å². The molecule has 0 bridgehead atoms. The Morgan fingerprint density at radius 3 is 2.57 bits per heavy atom.